The van der Waals surface area contributed by atoms with Crippen molar-refractivity contribution in [2.75, 3.05) is 0 Å². The molecule has 6 heteroatoms. The van der Waals surface area contributed by atoms with Gasteiger partial charge in [0.1, 0.15) is 11.9 Å². The van der Waals surface area contributed by atoms with Crippen LogP contribution in [0.4, 0.5) is 4.39 Å². The third-order valence-electron chi connectivity index (χ3n) is 5.76. The van der Waals surface area contributed by atoms with Crippen LogP contribution in [0.5, 0.6) is 0 Å². The molecule has 0 spiro atoms. The fourth-order valence-corrected chi connectivity index (χ4v) is 4.04. The van der Waals surface area contributed by atoms with E-state index in [1.165, 1.54) is 0 Å². The monoisotopic (exact) mass is 384 g/mol. The van der Waals surface area contributed by atoms with Crippen LogP contribution in [0.25, 0.3) is 0 Å². The van der Waals surface area contributed by atoms with E-state index in [9.17, 15) is 19.4 Å². The molecule has 0 radical (unpaired) electrons. The lowest BCUT2D eigenvalue weighted by atomic mass is 9.88. The van der Waals surface area contributed by atoms with E-state index in [0.717, 1.165) is 19.3 Å². The van der Waals surface area contributed by atoms with E-state index in [2.05, 4.69) is 6.92 Å². The number of rotatable bonds is 10. The minimum Gasteiger partial charge on any atom is -0.491 e. The Morgan fingerprint density at radius 3 is 2.81 bits per heavy atom. The topological polar surface area (TPSA) is 87.0 Å². The maximum atomic E-state index is 14.9. The number of halogens is 1. The van der Waals surface area contributed by atoms with E-state index in [1.807, 2.05) is 6.92 Å². The number of fused-ring (bicyclic) bond motifs is 1. The summed E-state index contributed by atoms with van der Waals surface area (Å²) in [5.41, 5.74) is 0. The summed E-state index contributed by atoms with van der Waals surface area (Å²) in [5.74, 6) is -1.32. The summed E-state index contributed by atoms with van der Waals surface area (Å²) in [6.45, 7) is 4.10. The predicted octanol–water partition coefficient (Wildman–Crippen LogP) is 3.60. The third kappa shape index (κ3) is 5.79. The van der Waals surface area contributed by atoms with Crippen LogP contribution >= 0.6 is 0 Å². The summed E-state index contributed by atoms with van der Waals surface area (Å²) in [5, 5.41) is 29.2. The average molecular weight is 384 g/mol. The molecular formula is C21H33FO5. The number of aliphatic carboxylic acids is 1. The smallest absolute Gasteiger partial charge is 0.303 e. The second kappa shape index (κ2) is 10.2. The van der Waals surface area contributed by atoms with E-state index in [-0.39, 0.29) is 30.1 Å². The average Bonchev–Trinajstić information content (AvgIpc) is 3.09. The van der Waals surface area contributed by atoms with Crippen LogP contribution < -0.4 is 0 Å². The fourth-order valence-electron chi connectivity index (χ4n) is 4.04. The fraction of sp³-hybridized carbons (Fsp3) is 0.762. The Morgan fingerprint density at radius 1 is 1.41 bits per heavy atom. The molecule has 154 valence electrons. The van der Waals surface area contributed by atoms with Crippen LogP contribution in [0, 0.1) is 17.8 Å². The number of allylic oxidation sites excluding steroid dienone is 2. The molecule has 1 aliphatic carbocycles. The van der Waals surface area contributed by atoms with Gasteiger partial charge in [-0.1, -0.05) is 38.8 Å². The molecule has 3 N–H and O–H groups in total. The van der Waals surface area contributed by atoms with Gasteiger partial charge in [-0.2, -0.15) is 0 Å². The van der Waals surface area contributed by atoms with E-state index < -0.39 is 30.3 Å². The summed E-state index contributed by atoms with van der Waals surface area (Å²) in [4.78, 5) is 10.5. The van der Waals surface area contributed by atoms with Crippen molar-refractivity contribution in [3.05, 3.63) is 24.0 Å². The molecule has 0 aromatic heterocycles. The molecule has 27 heavy (non-hydrogen) atoms. The van der Waals surface area contributed by atoms with E-state index >= 15 is 0 Å². The molecule has 0 amide bonds. The molecule has 1 heterocycles. The van der Waals surface area contributed by atoms with Crippen molar-refractivity contribution in [1.29, 1.82) is 0 Å². The van der Waals surface area contributed by atoms with E-state index in [0.29, 0.717) is 19.3 Å². The Morgan fingerprint density at radius 2 is 2.15 bits per heavy atom. The number of unbranched alkanes of at least 4 members (excludes halogenated alkanes) is 2. The van der Waals surface area contributed by atoms with Crippen molar-refractivity contribution in [1.82, 2.24) is 0 Å². The molecule has 2 fully saturated rings. The summed E-state index contributed by atoms with van der Waals surface area (Å²) in [7, 11) is 0. The van der Waals surface area contributed by atoms with Gasteiger partial charge in [-0.05, 0) is 31.3 Å². The second-order valence-corrected chi connectivity index (χ2v) is 7.90. The highest BCUT2D eigenvalue weighted by Crippen LogP contribution is 2.47. The van der Waals surface area contributed by atoms with Crippen molar-refractivity contribution >= 4 is 5.97 Å². The normalized spacial score (nSPS) is 34.0. The lowest BCUT2D eigenvalue weighted by Crippen LogP contribution is -2.25. The van der Waals surface area contributed by atoms with Gasteiger partial charge < -0.3 is 20.1 Å². The summed E-state index contributed by atoms with van der Waals surface area (Å²) < 4.78 is 20.6. The Labute approximate surface area is 160 Å². The second-order valence-electron chi connectivity index (χ2n) is 7.90. The molecule has 0 aromatic carbocycles. The molecule has 1 saturated carbocycles. The first kappa shape index (κ1) is 21.9. The summed E-state index contributed by atoms with van der Waals surface area (Å²) >= 11 is 0. The molecule has 1 unspecified atom stereocenters. The highest BCUT2D eigenvalue weighted by Gasteiger charge is 2.53. The van der Waals surface area contributed by atoms with Crippen molar-refractivity contribution in [2.45, 2.75) is 83.3 Å². The first-order chi connectivity index (χ1) is 12.8. The zero-order chi connectivity index (χ0) is 20.0. The van der Waals surface area contributed by atoms with Crippen molar-refractivity contribution in [3.63, 3.8) is 0 Å². The Kier molecular flexibility index (Phi) is 8.29. The molecule has 0 bridgehead atoms. The minimum atomic E-state index is -1.30. The first-order valence-electron chi connectivity index (χ1n) is 10.1. The Balaban J connectivity index is 1.95. The van der Waals surface area contributed by atoms with Gasteiger partial charge in [-0.25, -0.2) is 4.39 Å². The van der Waals surface area contributed by atoms with Gasteiger partial charge in [-0.3, -0.25) is 4.79 Å². The molecule has 1 aliphatic heterocycles. The van der Waals surface area contributed by atoms with Crippen molar-refractivity contribution in [3.8, 4) is 0 Å². The van der Waals surface area contributed by atoms with Crippen LogP contribution in [0.1, 0.15) is 58.8 Å². The SMILES string of the molecule is CCCCC(C)[C@@H](O)C=C[C@@H]1[C@H]2[C@H](F)C(=CCCCC(=O)O)O[C@@H]2C[C@H]1O. The van der Waals surface area contributed by atoms with Gasteiger partial charge in [0.2, 0.25) is 0 Å². The van der Waals surface area contributed by atoms with E-state index in [1.54, 1.807) is 18.2 Å². The largest absolute Gasteiger partial charge is 0.491 e. The van der Waals surface area contributed by atoms with Crippen molar-refractivity contribution < 1.29 is 29.2 Å². The van der Waals surface area contributed by atoms with Gasteiger partial charge in [0.25, 0.3) is 0 Å². The number of hydrogen-bond donors (Lipinski definition) is 3. The van der Waals surface area contributed by atoms with Crippen LogP contribution in [-0.2, 0) is 9.53 Å². The van der Waals surface area contributed by atoms with Crippen LogP contribution in [-0.4, -0.2) is 45.8 Å². The number of alkyl halides is 1. The van der Waals surface area contributed by atoms with Gasteiger partial charge in [0.05, 0.1) is 12.2 Å². The number of aliphatic hydroxyl groups excluding tert-OH is 2. The van der Waals surface area contributed by atoms with E-state index in [4.69, 9.17) is 9.84 Å². The summed E-state index contributed by atoms with van der Waals surface area (Å²) in [6.07, 6.45) is 6.51. The Hall–Kier alpha value is -1.40. The maximum Gasteiger partial charge on any atom is 0.303 e. The molecular weight excluding hydrogens is 351 g/mol. The zero-order valence-corrected chi connectivity index (χ0v) is 16.3. The lowest BCUT2D eigenvalue weighted by molar-refractivity contribution is -0.137. The van der Waals surface area contributed by atoms with Crippen LogP contribution in [0.2, 0.25) is 0 Å². The minimum absolute atomic E-state index is 0.0474. The molecule has 1 saturated heterocycles. The molecule has 7 atom stereocenters. The lowest BCUT2D eigenvalue weighted by Gasteiger charge is -2.20. The standard InChI is InChI=1S/C21H33FO5/c1-3-4-7-13(2)15(23)11-10-14-16(24)12-18-20(14)21(22)17(27-18)8-5-6-9-19(25)26/h8,10-11,13-16,18,20-21,23-24H,3-7,9,12H2,1-2H3,(H,25,26)/t13?,14-,15-,16+,18+,20+,21+/m0/s1. The molecule has 0 aromatic rings. The van der Waals surface area contributed by atoms with Crippen molar-refractivity contribution in [2.24, 2.45) is 17.8 Å². The quantitative estimate of drug-likeness (QED) is 0.396. The number of carboxylic acids is 1. The first-order valence-corrected chi connectivity index (χ1v) is 10.1. The maximum absolute atomic E-state index is 14.9. The van der Waals surface area contributed by atoms with Gasteiger partial charge in [0.15, 0.2) is 6.17 Å². The van der Waals surface area contributed by atoms with Gasteiger partial charge >= 0.3 is 5.97 Å². The number of aliphatic hydroxyl groups is 2. The number of hydrogen-bond acceptors (Lipinski definition) is 4. The van der Waals surface area contributed by atoms with Crippen LogP contribution in [0.15, 0.2) is 24.0 Å². The number of carbonyl (C=O) groups is 1. The third-order valence-corrected chi connectivity index (χ3v) is 5.76. The highest BCUT2D eigenvalue weighted by molar-refractivity contribution is 5.66. The molecule has 2 rings (SSSR count). The number of ether oxygens (including phenoxy) is 1. The van der Waals surface area contributed by atoms with Gasteiger partial charge in [-0.15, -0.1) is 0 Å². The predicted molar refractivity (Wildman–Crippen MR) is 101 cm³/mol. The highest BCUT2D eigenvalue weighted by atomic mass is 19.1. The molecule has 5 nitrogen and oxygen atoms in total. The summed E-state index contributed by atoms with van der Waals surface area (Å²) in [6, 6.07) is 0. The Bertz CT molecular complexity index is 547. The van der Waals surface area contributed by atoms with Gasteiger partial charge in [0, 0.05) is 24.7 Å². The molecule has 2 aliphatic rings. The zero-order valence-electron chi connectivity index (χ0n) is 16.3. The van der Waals surface area contributed by atoms with Crippen LogP contribution in [0.3, 0.4) is 0 Å². The number of carboxylic acid groups (broad SMARTS) is 1.